The number of piperidine rings is 1. The number of amides is 2. The second-order valence-corrected chi connectivity index (χ2v) is 8.93. The van der Waals surface area contributed by atoms with Crippen molar-refractivity contribution in [2.45, 2.75) is 44.3 Å². The maximum absolute atomic E-state index is 12.7. The van der Waals surface area contributed by atoms with Crippen molar-refractivity contribution in [3.63, 3.8) is 0 Å². The van der Waals surface area contributed by atoms with Gasteiger partial charge in [-0.25, -0.2) is 4.79 Å². The van der Waals surface area contributed by atoms with E-state index >= 15 is 0 Å². The molecular formula is C23H30F3N3O4. The van der Waals surface area contributed by atoms with E-state index in [2.05, 4.69) is 17.1 Å². The maximum Gasteiger partial charge on any atom is 0.490 e. The van der Waals surface area contributed by atoms with Crippen LogP contribution in [0.15, 0.2) is 30.3 Å². The third kappa shape index (κ3) is 5.66. The van der Waals surface area contributed by atoms with Crippen LogP contribution in [0.5, 0.6) is 0 Å². The molecule has 3 fully saturated rings. The van der Waals surface area contributed by atoms with Gasteiger partial charge in [0.2, 0.25) is 5.91 Å². The molecule has 0 radical (unpaired) electrons. The number of carboxylic acid groups (broad SMARTS) is 1. The summed E-state index contributed by atoms with van der Waals surface area (Å²) in [7, 11) is 0. The molecule has 1 aromatic carbocycles. The van der Waals surface area contributed by atoms with Gasteiger partial charge in [0, 0.05) is 43.2 Å². The van der Waals surface area contributed by atoms with Crippen molar-refractivity contribution in [3.8, 4) is 0 Å². The second-order valence-electron chi connectivity index (χ2n) is 8.93. The molecule has 0 unspecified atom stereocenters. The average molecular weight is 470 g/mol. The molecule has 1 spiro atoms. The van der Waals surface area contributed by atoms with Crippen molar-refractivity contribution in [2.24, 2.45) is 11.8 Å². The van der Waals surface area contributed by atoms with Crippen molar-refractivity contribution in [3.05, 3.63) is 35.9 Å². The topological polar surface area (TPSA) is 90.0 Å². The van der Waals surface area contributed by atoms with Gasteiger partial charge < -0.3 is 20.2 Å². The summed E-state index contributed by atoms with van der Waals surface area (Å²) >= 11 is 0. The molecular weight excluding hydrogens is 439 g/mol. The number of alkyl halides is 3. The molecule has 1 aromatic rings. The third-order valence-corrected chi connectivity index (χ3v) is 6.85. The number of carboxylic acids is 1. The number of unbranched alkanes of at least 4 members (excludes halogenated alkanes) is 1. The van der Waals surface area contributed by atoms with Crippen LogP contribution in [0.1, 0.15) is 43.0 Å². The number of fused-ring (bicyclic) bond motifs is 2. The second kappa shape index (κ2) is 10.1. The van der Waals surface area contributed by atoms with Crippen molar-refractivity contribution in [1.29, 1.82) is 0 Å². The highest BCUT2D eigenvalue weighted by molar-refractivity contribution is 5.94. The minimum atomic E-state index is -5.08. The van der Waals surface area contributed by atoms with Gasteiger partial charge in [0.05, 0.1) is 5.92 Å². The highest BCUT2D eigenvalue weighted by atomic mass is 19.4. The van der Waals surface area contributed by atoms with Gasteiger partial charge in [0.25, 0.3) is 5.91 Å². The van der Waals surface area contributed by atoms with Crippen LogP contribution in [0.4, 0.5) is 13.2 Å². The molecule has 7 nitrogen and oxygen atoms in total. The van der Waals surface area contributed by atoms with Crippen LogP contribution in [0.25, 0.3) is 0 Å². The lowest BCUT2D eigenvalue weighted by molar-refractivity contribution is -0.192. The standard InChI is InChI=1S/C21H29N3O2.C2HF3O2/c1-2-3-11-23-14-17-18(15-23)21(22-19(17)25)9-12-24(13-10-21)20(26)16-7-5-4-6-8-16;3-2(4,5)1(6)7/h4-8,17-18H,2-3,9-15H2,1H3,(H,22,25);(H,6,7)/t17-,18+;/m1./s1. The number of benzene rings is 1. The molecule has 0 aromatic heterocycles. The van der Waals surface area contributed by atoms with Crippen LogP contribution in [-0.4, -0.2) is 77.1 Å². The first-order chi connectivity index (χ1) is 15.6. The van der Waals surface area contributed by atoms with Crippen molar-refractivity contribution < 1.29 is 32.7 Å². The molecule has 0 saturated carbocycles. The molecule has 3 heterocycles. The molecule has 182 valence electrons. The van der Waals surface area contributed by atoms with Gasteiger partial charge in [-0.2, -0.15) is 13.2 Å². The van der Waals surface area contributed by atoms with E-state index in [9.17, 15) is 22.8 Å². The molecule has 4 rings (SSSR count). The smallest absolute Gasteiger partial charge is 0.475 e. The summed E-state index contributed by atoms with van der Waals surface area (Å²) in [6, 6.07) is 9.50. The van der Waals surface area contributed by atoms with Crippen LogP contribution < -0.4 is 5.32 Å². The summed E-state index contributed by atoms with van der Waals surface area (Å²) in [5, 5.41) is 10.5. The number of rotatable bonds is 4. The Morgan fingerprint density at radius 3 is 2.30 bits per heavy atom. The predicted octanol–water partition coefficient (Wildman–Crippen LogP) is 2.77. The van der Waals surface area contributed by atoms with Gasteiger partial charge in [-0.1, -0.05) is 31.5 Å². The molecule has 2 N–H and O–H groups in total. The molecule has 3 aliphatic rings. The molecule has 0 bridgehead atoms. The molecule has 3 saturated heterocycles. The predicted molar refractivity (Wildman–Crippen MR) is 114 cm³/mol. The van der Waals surface area contributed by atoms with E-state index in [1.54, 1.807) is 0 Å². The van der Waals surface area contributed by atoms with Crippen LogP contribution in [0.3, 0.4) is 0 Å². The Morgan fingerprint density at radius 2 is 1.76 bits per heavy atom. The van der Waals surface area contributed by atoms with Crippen LogP contribution in [-0.2, 0) is 9.59 Å². The Labute approximate surface area is 190 Å². The number of halogens is 3. The van der Waals surface area contributed by atoms with Gasteiger partial charge in [-0.05, 0) is 37.9 Å². The van der Waals surface area contributed by atoms with E-state index in [0.717, 1.165) is 51.1 Å². The molecule has 10 heteroatoms. The first-order valence-corrected chi connectivity index (χ1v) is 11.3. The Morgan fingerprint density at radius 1 is 1.15 bits per heavy atom. The summed E-state index contributed by atoms with van der Waals surface area (Å²) < 4.78 is 31.7. The SMILES string of the molecule is CCCCN1C[C@H]2C(=O)NC3(CCN(C(=O)c4ccccc4)CC3)[C@H]2C1.O=C(O)C(F)(F)F. The summed E-state index contributed by atoms with van der Waals surface area (Å²) in [5.41, 5.74) is 0.652. The number of hydrogen-bond donors (Lipinski definition) is 2. The fraction of sp³-hybridized carbons (Fsp3) is 0.609. The van der Waals surface area contributed by atoms with E-state index in [0.29, 0.717) is 5.92 Å². The summed E-state index contributed by atoms with van der Waals surface area (Å²) in [6.07, 6.45) is -0.937. The number of nitrogens with zero attached hydrogens (tertiary/aromatic N) is 2. The number of likely N-dealkylation sites (tertiary alicyclic amines) is 2. The van der Waals surface area contributed by atoms with Crippen LogP contribution in [0.2, 0.25) is 0 Å². The van der Waals surface area contributed by atoms with Gasteiger partial charge in [0.15, 0.2) is 0 Å². The molecule has 0 aliphatic carbocycles. The minimum absolute atomic E-state index is 0.101. The zero-order valence-corrected chi connectivity index (χ0v) is 18.6. The lowest BCUT2D eigenvalue weighted by Crippen LogP contribution is -2.56. The highest BCUT2D eigenvalue weighted by Gasteiger charge is 2.57. The zero-order valence-electron chi connectivity index (χ0n) is 18.6. The normalized spacial score (nSPS) is 24.1. The van der Waals surface area contributed by atoms with E-state index in [-0.39, 0.29) is 23.3 Å². The van der Waals surface area contributed by atoms with Crippen molar-refractivity contribution in [2.75, 3.05) is 32.7 Å². The summed E-state index contributed by atoms with van der Waals surface area (Å²) in [6.45, 7) is 6.70. The lowest BCUT2D eigenvalue weighted by atomic mass is 9.75. The van der Waals surface area contributed by atoms with Crippen LogP contribution >= 0.6 is 0 Å². The monoisotopic (exact) mass is 469 g/mol. The van der Waals surface area contributed by atoms with Gasteiger partial charge in [-0.15, -0.1) is 0 Å². The molecule has 2 amide bonds. The Bertz CT molecular complexity index is 854. The minimum Gasteiger partial charge on any atom is -0.475 e. The van der Waals surface area contributed by atoms with E-state index < -0.39 is 12.1 Å². The first-order valence-electron chi connectivity index (χ1n) is 11.3. The van der Waals surface area contributed by atoms with E-state index in [1.807, 2.05) is 35.2 Å². The molecule has 2 atom stereocenters. The van der Waals surface area contributed by atoms with Gasteiger partial charge in [0.1, 0.15) is 0 Å². The number of carbonyl (C=O) groups is 3. The van der Waals surface area contributed by atoms with Gasteiger partial charge in [-0.3, -0.25) is 9.59 Å². The van der Waals surface area contributed by atoms with Crippen molar-refractivity contribution in [1.82, 2.24) is 15.1 Å². The third-order valence-electron chi connectivity index (χ3n) is 6.85. The van der Waals surface area contributed by atoms with Crippen LogP contribution in [0, 0.1) is 11.8 Å². The number of nitrogens with one attached hydrogen (secondary N) is 1. The summed E-state index contributed by atoms with van der Waals surface area (Å²) in [4.78, 5) is 38.6. The average Bonchev–Trinajstić information content (AvgIpc) is 3.32. The van der Waals surface area contributed by atoms with Crippen molar-refractivity contribution >= 4 is 17.8 Å². The Kier molecular flexibility index (Phi) is 7.66. The lowest BCUT2D eigenvalue weighted by Gasteiger charge is -2.42. The maximum atomic E-state index is 12.7. The molecule has 33 heavy (non-hydrogen) atoms. The number of hydrogen-bond acceptors (Lipinski definition) is 4. The van der Waals surface area contributed by atoms with E-state index in [1.165, 1.54) is 12.8 Å². The quantitative estimate of drug-likeness (QED) is 0.708. The first kappa shape index (κ1) is 25.0. The Hall–Kier alpha value is -2.62. The van der Waals surface area contributed by atoms with E-state index in [4.69, 9.17) is 9.90 Å². The fourth-order valence-electron chi connectivity index (χ4n) is 5.07. The summed E-state index contributed by atoms with van der Waals surface area (Å²) in [5.74, 6) is -1.87. The zero-order chi connectivity index (χ0) is 24.2. The fourth-order valence-corrected chi connectivity index (χ4v) is 5.07. The highest BCUT2D eigenvalue weighted by Crippen LogP contribution is 2.44. The Balaban J connectivity index is 0.000000383. The molecule has 3 aliphatic heterocycles. The number of aliphatic carboxylic acids is 1. The number of carbonyl (C=O) groups excluding carboxylic acids is 2. The largest absolute Gasteiger partial charge is 0.490 e. The van der Waals surface area contributed by atoms with Gasteiger partial charge >= 0.3 is 12.1 Å².